The van der Waals surface area contributed by atoms with Crippen molar-refractivity contribution in [2.45, 2.75) is 6.92 Å². The molecule has 0 spiro atoms. The third-order valence-electron chi connectivity index (χ3n) is 4.99. The Bertz CT molecular complexity index is 1330. The zero-order valence-electron chi connectivity index (χ0n) is 15.8. The summed E-state index contributed by atoms with van der Waals surface area (Å²) in [4.78, 5) is 17.1. The van der Waals surface area contributed by atoms with Crippen LogP contribution in [0.4, 0.5) is 5.69 Å². The second-order valence-electron chi connectivity index (χ2n) is 7.05. The van der Waals surface area contributed by atoms with Crippen LogP contribution in [0.1, 0.15) is 15.9 Å². The Morgan fingerprint density at radius 2 is 1.62 bits per heavy atom. The lowest BCUT2D eigenvalue weighted by molar-refractivity contribution is 0.102. The maximum atomic E-state index is 12.4. The minimum Gasteiger partial charge on any atom is -0.436 e. The van der Waals surface area contributed by atoms with Crippen molar-refractivity contribution in [1.82, 2.24) is 4.98 Å². The lowest BCUT2D eigenvalue weighted by atomic mass is 10.1. The third-order valence-corrected chi connectivity index (χ3v) is 4.99. The fourth-order valence-electron chi connectivity index (χ4n) is 3.39. The minimum absolute atomic E-state index is 0.133. The van der Waals surface area contributed by atoms with E-state index in [1.54, 1.807) is 0 Å². The van der Waals surface area contributed by atoms with E-state index in [4.69, 9.17) is 9.40 Å². The lowest BCUT2D eigenvalue weighted by Crippen LogP contribution is -2.11. The van der Waals surface area contributed by atoms with E-state index in [1.807, 2.05) is 85.8 Å². The molecular formula is C25H18N2O2. The largest absolute Gasteiger partial charge is 0.436 e. The summed E-state index contributed by atoms with van der Waals surface area (Å²) < 4.78 is 5.97. The Morgan fingerprint density at radius 1 is 0.862 bits per heavy atom. The zero-order chi connectivity index (χ0) is 19.8. The second-order valence-corrected chi connectivity index (χ2v) is 7.05. The molecule has 140 valence electrons. The summed E-state index contributed by atoms with van der Waals surface area (Å²) in [6, 6.07) is 27.1. The summed E-state index contributed by atoms with van der Waals surface area (Å²) >= 11 is 0. The molecule has 0 radical (unpaired) electrons. The first kappa shape index (κ1) is 17.2. The predicted octanol–water partition coefficient (Wildman–Crippen LogP) is 6.21. The molecule has 5 aromatic rings. The maximum Gasteiger partial charge on any atom is 0.255 e. The molecule has 0 saturated heterocycles. The van der Waals surface area contributed by atoms with E-state index in [2.05, 4.69) is 11.4 Å². The predicted molar refractivity (Wildman–Crippen MR) is 116 cm³/mol. The van der Waals surface area contributed by atoms with Gasteiger partial charge in [0.1, 0.15) is 5.52 Å². The van der Waals surface area contributed by atoms with Crippen LogP contribution in [0, 0.1) is 6.92 Å². The molecule has 0 atom stereocenters. The average molecular weight is 378 g/mol. The van der Waals surface area contributed by atoms with Gasteiger partial charge in [-0.25, -0.2) is 4.98 Å². The number of carbonyl (C=O) groups is 1. The Kier molecular flexibility index (Phi) is 4.10. The molecule has 4 nitrogen and oxygen atoms in total. The van der Waals surface area contributed by atoms with Crippen LogP contribution in [-0.4, -0.2) is 10.9 Å². The highest BCUT2D eigenvalue weighted by atomic mass is 16.3. The van der Waals surface area contributed by atoms with Crippen LogP contribution >= 0.6 is 0 Å². The summed E-state index contributed by atoms with van der Waals surface area (Å²) in [5.41, 5.74) is 4.95. The molecule has 1 N–H and O–H groups in total. The molecule has 0 aliphatic rings. The number of fused-ring (bicyclic) bond motifs is 3. The van der Waals surface area contributed by atoms with Gasteiger partial charge >= 0.3 is 0 Å². The standard InChI is InChI=1S/C25H18N2O2/c1-16-6-8-18(9-7-16)24(28)26-20-13-10-19(11-14-20)25-27-23-21-5-3-2-4-17(21)12-15-22(23)29-25/h2-15H,1H3,(H,26,28). The van der Waals surface area contributed by atoms with E-state index >= 15 is 0 Å². The van der Waals surface area contributed by atoms with Crippen molar-refractivity contribution >= 4 is 33.5 Å². The van der Waals surface area contributed by atoms with Crippen LogP contribution < -0.4 is 5.32 Å². The van der Waals surface area contributed by atoms with E-state index in [0.29, 0.717) is 11.5 Å². The van der Waals surface area contributed by atoms with E-state index in [-0.39, 0.29) is 5.91 Å². The summed E-state index contributed by atoms with van der Waals surface area (Å²) in [6.07, 6.45) is 0. The summed E-state index contributed by atoms with van der Waals surface area (Å²) in [6.45, 7) is 2.00. The molecule has 0 aliphatic heterocycles. The van der Waals surface area contributed by atoms with Crippen molar-refractivity contribution in [2.24, 2.45) is 0 Å². The quantitative estimate of drug-likeness (QED) is 0.406. The van der Waals surface area contributed by atoms with E-state index in [9.17, 15) is 4.79 Å². The zero-order valence-corrected chi connectivity index (χ0v) is 15.8. The van der Waals surface area contributed by atoms with Crippen molar-refractivity contribution < 1.29 is 9.21 Å². The van der Waals surface area contributed by atoms with Crippen LogP contribution in [0.15, 0.2) is 89.3 Å². The molecule has 0 unspecified atom stereocenters. The molecule has 4 heteroatoms. The molecule has 5 rings (SSSR count). The van der Waals surface area contributed by atoms with E-state index in [1.165, 1.54) is 0 Å². The number of anilines is 1. The van der Waals surface area contributed by atoms with Gasteiger partial charge in [-0.05, 0) is 54.8 Å². The highest BCUT2D eigenvalue weighted by Gasteiger charge is 2.11. The van der Waals surface area contributed by atoms with Gasteiger partial charge in [-0.15, -0.1) is 0 Å². The fourth-order valence-corrected chi connectivity index (χ4v) is 3.39. The van der Waals surface area contributed by atoms with Crippen molar-refractivity contribution in [3.63, 3.8) is 0 Å². The molecule has 0 bridgehead atoms. The second kappa shape index (κ2) is 6.91. The van der Waals surface area contributed by atoms with Crippen LogP contribution in [-0.2, 0) is 0 Å². The SMILES string of the molecule is Cc1ccc(C(=O)Nc2ccc(-c3nc4c(ccc5ccccc54)o3)cc2)cc1. The van der Waals surface area contributed by atoms with Crippen molar-refractivity contribution in [2.75, 3.05) is 5.32 Å². The number of nitrogens with zero attached hydrogens (tertiary/aromatic N) is 1. The molecule has 0 aliphatic carbocycles. The normalized spacial score (nSPS) is 11.1. The van der Waals surface area contributed by atoms with Gasteiger partial charge in [0.05, 0.1) is 0 Å². The minimum atomic E-state index is -0.133. The maximum absolute atomic E-state index is 12.4. The number of oxazole rings is 1. The first-order valence-electron chi connectivity index (χ1n) is 9.44. The van der Waals surface area contributed by atoms with Crippen molar-refractivity contribution in [3.8, 4) is 11.5 Å². The van der Waals surface area contributed by atoms with E-state index in [0.717, 1.165) is 38.7 Å². The third kappa shape index (κ3) is 3.25. The number of amides is 1. The van der Waals surface area contributed by atoms with Gasteiger partial charge in [0.25, 0.3) is 5.91 Å². The summed E-state index contributed by atoms with van der Waals surface area (Å²) in [7, 11) is 0. The molecule has 0 fully saturated rings. The summed E-state index contributed by atoms with van der Waals surface area (Å²) in [5.74, 6) is 0.429. The van der Waals surface area contributed by atoms with Gasteiger partial charge in [-0.3, -0.25) is 4.79 Å². The van der Waals surface area contributed by atoms with Gasteiger partial charge in [-0.1, -0.05) is 48.0 Å². The summed E-state index contributed by atoms with van der Waals surface area (Å²) in [5, 5.41) is 5.12. The number of carbonyl (C=O) groups excluding carboxylic acids is 1. The first-order chi connectivity index (χ1) is 14.2. The monoisotopic (exact) mass is 378 g/mol. The number of benzene rings is 4. The van der Waals surface area contributed by atoms with Gasteiger partial charge < -0.3 is 9.73 Å². The molecule has 1 aromatic heterocycles. The highest BCUT2D eigenvalue weighted by molar-refractivity contribution is 6.05. The lowest BCUT2D eigenvalue weighted by Gasteiger charge is -2.06. The van der Waals surface area contributed by atoms with Crippen LogP contribution in [0.2, 0.25) is 0 Å². The van der Waals surface area contributed by atoms with Crippen LogP contribution in [0.25, 0.3) is 33.3 Å². The fraction of sp³-hybridized carbons (Fsp3) is 0.0400. The highest BCUT2D eigenvalue weighted by Crippen LogP contribution is 2.30. The number of rotatable bonds is 3. The van der Waals surface area contributed by atoms with Gasteiger partial charge in [0, 0.05) is 22.2 Å². The number of aryl methyl sites for hydroxylation is 1. The average Bonchev–Trinajstić information content (AvgIpc) is 3.19. The van der Waals surface area contributed by atoms with Gasteiger partial charge in [0.2, 0.25) is 5.89 Å². The molecule has 4 aromatic carbocycles. The smallest absolute Gasteiger partial charge is 0.255 e. The number of hydrogen-bond donors (Lipinski definition) is 1. The first-order valence-corrected chi connectivity index (χ1v) is 9.44. The number of hydrogen-bond acceptors (Lipinski definition) is 3. The molecular weight excluding hydrogens is 360 g/mol. The number of nitrogens with one attached hydrogen (secondary N) is 1. The van der Waals surface area contributed by atoms with Crippen LogP contribution in [0.3, 0.4) is 0 Å². The Balaban J connectivity index is 1.42. The van der Waals surface area contributed by atoms with Crippen molar-refractivity contribution in [3.05, 3.63) is 96.1 Å². The molecule has 1 amide bonds. The van der Waals surface area contributed by atoms with Crippen molar-refractivity contribution in [1.29, 1.82) is 0 Å². The molecule has 1 heterocycles. The molecule has 0 saturated carbocycles. The Hall–Kier alpha value is -3.92. The topological polar surface area (TPSA) is 55.1 Å². The molecule has 29 heavy (non-hydrogen) atoms. The van der Waals surface area contributed by atoms with Crippen LogP contribution in [0.5, 0.6) is 0 Å². The van der Waals surface area contributed by atoms with E-state index < -0.39 is 0 Å². The number of aromatic nitrogens is 1. The Morgan fingerprint density at radius 3 is 2.41 bits per heavy atom. The van der Waals surface area contributed by atoms with Gasteiger partial charge in [0.15, 0.2) is 5.58 Å². The Labute approximate surface area is 167 Å². The van der Waals surface area contributed by atoms with Gasteiger partial charge in [-0.2, -0.15) is 0 Å².